The summed E-state index contributed by atoms with van der Waals surface area (Å²) in [7, 11) is 0. The summed E-state index contributed by atoms with van der Waals surface area (Å²) in [6.45, 7) is 2.38. The summed E-state index contributed by atoms with van der Waals surface area (Å²) in [5.41, 5.74) is 2.55. The van der Waals surface area contributed by atoms with Gasteiger partial charge in [0.1, 0.15) is 23.1 Å². The topological polar surface area (TPSA) is 110 Å². The molecule has 1 aliphatic carbocycles. The van der Waals surface area contributed by atoms with Crippen LogP contribution in [0.3, 0.4) is 0 Å². The van der Waals surface area contributed by atoms with Gasteiger partial charge in [0, 0.05) is 42.0 Å². The van der Waals surface area contributed by atoms with Crippen molar-refractivity contribution in [2.45, 2.75) is 50.8 Å². The lowest BCUT2D eigenvalue weighted by molar-refractivity contribution is 0.130. The largest absolute Gasteiger partial charge is 0.490 e. The molecule has 1 saturated carbocycles. The van der Waals surface area contributed by atoms with E-state index < -0.39 is 6.04 Å². The Bertz CT molecular complexity index is 1310. The number of nitrogens with zero attached hydrogens (tertiary/aromatic N) is 5. The number of pyridine rings is 1. The van der Waals surface area contributed by atoms with Crippen molar-refractivity contribution in [3.63, 3.8) is 0 Å². The number of fused-ring (bicyclic) bond motifs is 1. The molecule has 5 rings (SSSR count). The molecule has 4 aromatic rings. The first-order chi connectivity index (χ1) is 17.6. The van der Waals surface area contributed by atoms with Crippen LogP contribution in [0.2, 0.25) is 0 Å². The molecule has 0 spiro atoms. The van der Waals surface area contributed by atoms with E-state index in [0.717, 1.165) is 60.2 Å². The van der Waals surface area contributed by atoms with E-state index >= 15 is 0 Å². The van der Waals surface area contributed by atoms with Gasteiger partial charge in [0.2, 0.25) is 0 Å². The third-order valence-electron chi connectivity index (χ3n) is 6.71. The van der Waals surface area contributed by atoms with E-state index in [4.69, 9.17) is 9.84 Å². The maximum Gasteiger partial charge on any atom is 0.128 e. The van der Waals surface area contributed by atoms with Crippen LogP contribution in [-0.4, -0.2) is 60.6 Å². The van der Waals surface area contributed by atoms with Gasteiger partial charge >= 0.3 is 0 Å². The highest BCUT2D eigenvalue weighted by atomic mass is 19.1. The van der Waals surface area contributed by atoms with Gasteiger partial charge in [-0.3, -0.25) is 9.36 Å². The molecule has 0 atom stereocenters. The van der Waals surface area contributed by atoms with Crippen LogP contribution in [0.5, 0.6) is 5.75 Å². The summed E-state index contributed by atoms with van der Waals surface area (Å²) in [5, 5.41) is 32.6. The quantitative estimate of drug-likeness (QED) is 0.323. The van der Waals surface area contributed by atoms with Gasteiger partial charge in [-0.1, -0.05) is 6.07 Å². The van der Waals surface area contributed by atoms with Crippen LogP contribution in [0.4, 0.5) is 10.2 Å². The maximum absolute atomic E-state index is 13.5. The molecule has 0 aliphatic heterocycles. The number of aliphatic hydroxyl groups is 2. The van der Waals surface area contributed by atoms with Crippen molar-refractivity contribution < 1.29 is 19.3 Å². The molecule has 1 aliphatic rings. The first-order valence-electron chi connectivity index (χ1n) is 12.4. The predicted molar refractivity (Wildman–Crippen MR) is 134 cm³/mol. The standard InChI is InChI=1S/C26H31FN6O3/c1-2-28-25-11-24-23(13-29-25)26(17-12-30-32(14-17)20(15-34)16-35)31-33(24)19-6-8-21(9-7-19)36-22-5-3-4-18(27)10-22/h3-5,10-14,19-21,34-35H,2,6-9,15-16H2,1H3,(H,28,29). The average Bonchev–Trinajstić information content (AvgIpc) is 3.51. The van der Waals surface area contributed by atoms with Gasteiger partial charge in [-0.25, -0.2) is 9.37 Å². The molecule has 1 aromatic carbocycles. The van der Waals surface area contributed by atoms with E-state index in [1.54, 1.807) is 29.2 Å². The fraction of sp³-hybridized carbons (Fsp3) is 0.423. The van der Waals surface area contributed by atoms with Gasteiger partial charge in [0.25, 0.3) is 0 Å². The summed E-state index contributed by atoms with van der Waals surface area (Å²) in [6.07, 6.45) is 8.81. The molecular weight excluding hydrogens is 463 g/mol. The number of rotatable bonds is 9. The van der Waals surface area contributed by atoms with Crippen LogP contribution in [0.25, 0.3) is 22.2 Å². The van der Waals surface area contributed by atoms with Crippen LogP contribution >= 0.6 is 0 Å². The highest BCUT2D eigenvalue weighted by molar-refractivity contribution is 5.93. The molecule has 3 heterocycles. The third-order valence-corrected chi connectivity index (χ3v) is 6.71. The fourth-order valence-corrected chi connectivity index (χ4v) is 4.83. The molecule has 3 aromatic heterocycles. The minimum atomic E-state index is -0.501. The van der Waals surface area contributed by atoms with Crippen LogP contribution < -0.4 is 10.1 Å². The molecule has 36 heavy (non-hydrogen) atoms. The van der Waals surface area contributed by atoms with Gasteiger partial charge in [-0.15, -0.1) is 0 Å². The zero-order valence-corrected chi connectivity index (χ0v) is 20.2. The van der Waals surface area contributed by atoms with Crippen molar-refractivity contribution >= 4 is 16.7 Å². The highest BCUT2D eigenvalue weighted by Gasteiger charge is 2.27. The monoisotopic (exact) mass is 494 g/mol. The summed E-state index contributed by atoms with van der Waals surface area (Å²) < 4.78 is 23.2. The highest BCUT2D eigenvalue weighted by Crippen LogP contribution is 2.36. The number of halogens is 1. The van der Waals surface area contributed by atoms with E-state index in [1.165, 1.54) is 12.1 Å². The van der Waals surface area contributed by atoms with E-state index in [9.17, 15) is 14.6 Å². The Morgan fingerprint density at radius 1 is 1.14 bits per heavy atom. The van der Waals surface area contributed by atoms with E-state index in [1.807, 2.05) is 19.2 Å². The van der Waals surface area contributed by atoms with E-state index in [2.05, 4.69) is 20.1 Å². The zero-order valence-electron chi connectivity index (χ0n) is 20.2. The Labute approximate surface area is 208 Å². The molecule has 9 nitrogen and oxygen atoms in total. The van der Waals surface area contributed by atoms with Crippen molar-refractivity contribution in [2.75, 3.05) is 25.1 Å². The van der Waals surface area contributed by atoms with Gasteiger partial charge in [0.05, 0.1) is 43.1 Å². The lowest BCUT2D eigenvalue weighted by Crippen LogP contribution is -2.26. The molecule has 10 heteroatoms. The summed E-state index contributed by atoms with van der Waals surface area (Å²) in [5.74, 6) is 1.05. The minimum absolute atomic E-state index is 0.0375. The lowest BCUT2D eigenvalue weighted by atomic mass is 9.93. The van der Waals surface area contributed by atoms with Gasteiger partial charge in [-0.05, 0) is 44.7 Å². The molecule has 1 fully saturated rings. The van der Waals surface area contributed by atoms with Crippen LogP contribution in [0.15, 0.2) is 48.9 Å². The maximum atomic E-state index is 13.5. The van der Waals surface area contributed by atoms with E-state index in [0.29, 0.717) is 5.75 Å². The number of aliphatic hydroxyl groups excluding tert-OH is 2. The first-order valence-corrected chi connectivity index (χ1v) is 12.4. The van der Waals surface area contributed by atoms with E-state index in [-0.39, 0.29) is 31.2 Å². The summed E-state index contributed by atoms with van der Waals surface area (Å²) in [4.78, 5) is 4.56. The molecule has 0 unspecified atom stereocenters. The second-order valence-electron chi connectivity index (χ2n) is 9.14. The Balaban J connectivity index is 1.42. The number of nitrogens with one attached hydrogen (secondary N) is 1. The normalized spacial score (nSPS) is 18.1. The van der Waals surface area contributed by atoms with Crippen molar-refractivity contribution in [1.29, 1.82) is 0 Å². The van der Waals surface area contributed by atoms with Gasteiger partial charge in [-0.2, -0.15) is 10.2 Å². The second kappa shape index (κ2) is 10.6. The first kappa shape index (κ1) is 24.2. The molecule has 0 bridgehead atoms. The van der Waals surface area contributed by atoms with Crippen LogP contribution in [0.1, 0.15) is 44.7 Å². The van der Waals surface area contributed by atoms with Crippen molar-refractivity contribution in [1.82, 2.24) is 24.5 Å². The Hall–Kier alpha value is -3.50. The van der Waals surface area contributed by atoms with Gasteiger partial charge < -0.3 is 20.3 Å². The molecule has 0 saturated heterocycles. The average molecular weight is 495 g/mol. The third kappa shape index (κ3) is 4.91. The molecule has 0 radical (unpaired) electrons. The van der Waals surface area contributed by atoms with Crippen molar-refractivity contribution in [3.8, 4) is 17.0 Å². The number of ether oxygens (including phenoxy) is 1. The fourth-order valence-electron chi connectivity index (χ4n) is 4.83. The second-order valence-corrected chi connectivity index (χ2v) is 9.14. The number of hydrogen-bond acceptors (Lipinski definition) is 7. The summed E-state index contributed by atoms with van der Waals surface area (Å²) in [6, 6.07) is 8.00. The Kier molecular flexibility index (Phi) is 7.15. The molecular formula is C26H31FN6O3. The summed E-state index contributed by atoms with van der Waals surface area (Å²) >= 11 is 0. The number of aromatic nitrogens is 5. The number of benzene rings is 1. The number of anilines is 1. The smallest absolute Gasteiger partial charge is 0.128 e. The minimum Gasteiger partial charge on any atom is -0.490 e. The lowest BCUT2D eigenvalue weighted by Gasteiger charge is -2.29. The zero-order chi connectivity index (χ0) is 25.1. The molecule has 3 N–H and O–H groups in total. The van der Waals surface area contributed by atoms with Crippen LogP contribution in [0, 0.1) is 5.82 Å². The Morgan fingerprint density at radius 2 is 1.94 bits per heavy atom. The van der Waals surface area contributed by atoms with Crippen molar-refractivity contribution in [3.05, 3.63) is 54.7 Å². The SMILES string of the molecule is CCNc1cc2c(cn1)c(-c1cnn(C(CO)CO)c1)nn2C1CCC(Oc2cccc(F)c2)CC1. The van der Waals surface area contributed by atoms with Crippen LogP contribution in [-0.2, 0) is 0 Å². The van der Waals surface area contributed by atoms with Crippen molar-refractivity contribution in [2.24, 2.45) is 0 Å². The van der Waals surface area contributed by atoms with Gasteiger partial charge in [0.15, 0.2) is 0 Å². The predicted octanol–water partition coefficient (Wildman–Crippen LogP) is 3.95. The number of hydrogen-bond donors (Lipinski definition) is 3. The molecule has 190 valence electrons. The molecule has 0 amide bonds. The Morgan fingerprint density at radius 3 is 2.67 bits per heavy atom.